The molecule has 1 aliphatic heterocycles. The summed E-state index contributed by atoms with van der Waals surface area (Å²) in [5.41, 5.74) is 0.167. The van der Waals surface area contributed by atoms with E-state index >= 15 is 0 Å². The molecular formula is C21H18BF4NO2. The summed E-state index contributed by atoms with van der Waals surface area (Å²) < 4.78 is 66.9. The fraction of sp³-hybridized carbons (Fsp3) is 0.286. The molecule has 1 saturated heterocycles. The van der Waals surface area contributed by atoms with Crippen molar-refractivity contribution in [2.45, 2.75) is 38.9 Å². The quantitative estimate of drug-likeness (QED) is 0.268. The normalized spacial score (nSPS) is 17.9. The first kappa shape index (κ1) is 19.9. The molecule has 3 aromatic rings. The van der Waals surface area contributed by atoms with E-state index in [0.29, 0.717) is 11.3 Å². The van der Waals surface area contributed by atoms with E-state index < -0.39 is 52.5 Å². The predicted molar refractivity (Wildman–Crippen MR) is 103 cm³/mol. The molecule has 0 amide bonds. The summed E-state index contributed by atoms with van der Waals surface area (Å²) in [6, 6.07) is 9.62. The van der Waals surface area contributed by atoms with Crippen LogP contribution in [0.2, 0.25) is 0 Å². The van der Waals surface area contributed by atoms with Crippen LogP contribution in [0.3, 0.4) is 0 Å². The van der Waals surface area contributed by atoms with Gasteiger partial charge in [-0.05, 0) is 45.3 Å². The third kappa shape index (κ3) is 3.11. The number of fused-ring (bicyclic) bond motifs is 1. The summed E-state index contributed by atoms with van der Waals surface area (Å²) in [5, 5.41) is -0.418. The van der Waals surface area contributed by atoms with Gasteiger partial charge in [0.2, 0.25) is 0 Å². The van der Waals surface area contributed by atoms with Crippen molar-refractivity contribution in [3.8, 4) is 11.3 Å². The van der Waals surface area contributed by atoms with Crippen molar-refractivity contribution in [1.29, 1.82) is 0 Å². The lowest BCUT2D eigenvalue weighted by atomic mass is 9.79. The van der Waals surface area contributed by atoms with Gasteiger partial charge < -0.3 is 9.31 Å². The lowest BCUT2D eigenvalue weighted by molar-refractivity contribution is 0.00578. The number of pyridine rings is 1. The highest BCUT2D eigenvalue weighted by Gasteiger charge is 2.51. The van der Waals surface area contributed by atoms with Crippen LogP contribution in [-0.2, 0) is 9.31 Å². The van der Waals surface area contributed by atoms with Gasteiger partial charge in [-0.25, -0.2) is 22.5 Å². The van der Waals surface area contributed by atoms with Crippen LogP contribution in [0.4, 0.5) is 17.6 Å². The summed E-state index contributed by atoms with van der Waals surface area (Å²) in [4.78, 5) is 4.00. The zero-order valence-electron chi connectivity index (χ0n) is 16.3. The van der Waals surface area contributed by atoms with Gasteiger partial charge >= 0.3 is 7.12 Å². The van der Waals surface area contributed by atoms with Gasteiger partial charge in [-0.15, -0.1) is 0 Å². The molecule has 150 valence electrons. The maximum Gasteiger partial charge on any atom is 0.494 e. The highest BCUT2D eigenvalue weighted by atomic mass is 19.2. The molecule has 0 unspecified atom stereocenters. The molecule has 8 heteroatoms. The molecule has 0 saturated carbocycles. The summed E-state index contributed by atoms with van der Waals surface area (Å²) >= 11 is 0. The highest BCUT2D eigenvalue weighted by molar-refractivity contribution is 6.62. The largest absolute Gasteiger partial charge is 0.494 e. The summed E-state index contributed by atoms with van der Waals surface area (Å²) in [7, 11) is -0.540. The van der Waals surface area contributed by atoms with Crippen LogP contribution in [-0.4, -0.2) is 23.3 Å². The zero-order valence-corrected chi connectivity index (χ0v) is 16.3. The molecule has 0 N–H and O–H groups in total. The van der Waals surface area contributed by atoms with Crippen molar-refractivity contribution < 1.29 is 26.9 Å². The Morgan fingerprint density at radius 3 is 1.86 bits per heavy atom. The Hall–Kier alpha value is -2.45. The van der Waals surface area contributed by atoms with Crippen molar-refractivity contribution in [1.82, 2.24) is 4.98 Å². The zero-order chi connectivity index (χ0) is 21.1. The molecular weight excluding hydrogens is 385 g/mol. The monoisotopic (exact) mass is 403 g/mol. The molecule has 1 aromatic heterocycles. The third-order valence-corrected chi connectivity index (χ3v) is 5.65. The van der Waals surface area contributed by atoms with Crippen molar-refractivity contribution >= 4 is 23.5 Å². The second-order valence-electron chi connectivity index (χ2n) is 8.06. The first-order valence-corrected chi connectivity index (χ1v) is 9.10. The maximum absolute atomic E-state index is 14.1. The third-order valence-electron chi connectivity index (χ3n) is 5.65. The van der Waals surface area contributed by atoms with E-state index in [4.69, 9.17) is 9.31 Å². The molecule has 0 radical (unpaired) electrons. The molecule has 0 bridgehead atoms. The predicted octanol–water partition coefficient (Wildman–Crippen LogP) is 4.76. The summed E-state index contributed by atoms with van der Waals surface area (Å²) in [6.07, 6.45) is 0. The van der Waals surface area contributed by atoms with E-state index in [0.717, 1.165) is 5.46 Å². The number of rotatable bonds is 2. The summed E-state index contributed by atoms with van der Waals surface area (Å²) in [5.74, 6) is -6.71. The molecule has 0 atom stereocenters. The molecule has 4 rings (SSSR count). The molecule has 2 aromatic carbocycles. The fourth-order valence-electron chi connectivity index (χ4n) is 3.17. The van der Waals surface area contributed by atoms with Gasteiger partial charge in [0.15, 0.2) is 23.3 Å². The number of nitrogens with zero attached hydrogens (tertiary/aromatic N) is 1. The van der Waals surface area contributed by atoms with Crippen molar-refractivity contribution in [2.75, 3.05) is 0 Å². The minimum absolute atomic E-state index is 0.294. The number of hydrogen-bond acceptors (Lipinski definition) is 3. The van der Waals surface area contributed by atoms with Crippen LogP contribution in [0.25, 0.3) is 22.2 Å². The first-order valence-electron chi connectivity index (χ1n) is 9.10. The Morgan fingerprint density at radius 2 is 1.28 bits per heavy atom. The average molecular weight is 403 g/mol. The minimum atomic E-state index is -1.88. The van der Waals surface area contributed by atoms with Gasteiger partial charge in [-0.1, -0.05) is 24.3 Å². The molecule has 0 aliphatic carbocycles. The maximum atomic E-state index is 14.1. The van der Waals surface area contributed by atoms with Crippen LogP contribution < -0.4 is 5.46 Å². The van der Waals surface area contributed by atoms with Gasteiger partial charge in [0.25, 0.3) is 0 Å². The van der Waals surface area contributed by atoms with Gasteiger partial charge in [-0.2, -0.15) is 0 Å². The van der Waals surface area contributed by atoms with Crippen LogP contribution >= 0.6 is 0 Å². The molecule has 1 fully saturated rings. The van der Waals surface area contributed by atoms with E-state index in [1.807, 2.05) is 27.7 Å². The highest BCUT2D eigenvalue weighted by Crippen LogP contribution is 2.36. The van der Waals surface area contributed by atoms with Crippen molar-refractivity contribution in [3.63, 3.8) is 0 Å². The Balaban J connectivity index is 1.69. The van der Waals surface area contributed by atoms with Crippen molar-refractivity contribution in [2.24, 2.45) is 0 Å². The second kappa shape index (κ2) is 6.54. The fourth-order valence-corrected chi connectivity index (χ4v) is 3.17. The smallest absolute Gasteiger partial charge is 0.399 e. The van der Waals surface area contributed by atoms with Crippen LogP contribution in [0.15, 0.2) is 36.4 Å². The number of halogens is 4. The van der Waals surface area contributed by atoms with Gasteiger partial charge in [0, 0.05) is 10.9 Å². The Labute approximate surface area is 165 Å². The van der Waals surface area contributed by atoms with Gasteiger partial charge in [0.1, 0.15) is 5.52 Å². The Kier molecular flexibility index (Phi) is 4.47. The molecule has 2 heterocycles. The lowest BCUT2D eigenvalue weighted by Crippen LogP contribution is -2.41. The van der Waals surface area contributed by atoms with Crippen molar-refractivity contribution in [3.05, 3.63) is 59.7 Å². The second-order valence-corrected chi connectivity index (χ2v) is 8.06. The number of benzene rings is 2. The number of hydrogen-bond donors (Lipinski definition) is 0. The van der Waals surface area contributed by atoms with E-state index in [2.05, 4.69) is 4.98 Å². The van der Waals surface area contributed by atoms with Crippen LogP contribution in [0, 0.1) is 23.3 Å². The van der Waals surface area contributed by atoms with Crippen LogP contribution in [0.1, 0.15) is 27.7 Å². The van der Waals surface area contributed by atoms with E-state index in [-0.39, 0.29) is 0 Å². The van der Waals surface area contributed by atoms with Crippen LogP contribution in [0.5, 0.6) is 0 Å². The molecule has 3 nitrogen and oxygen atoms in total. The van der Waals surface area contributed by atoms with Gasteiger partial charge in [0.05, 0.1) is 16.9 Å². The first-order chi connectivity index (χ1) is 13.5. The van der Waals surface area contributed by atoms with Gasteiger partial charge in [-0.3, -0.25) is 0 Å². The standard InChI is InChI=1S/C21H18BF4NO2/c1-20(2)21(3,4)29-22(28-20)12-7-5-11(6-8-12)14-10-9-13-15(23)16(24)17(25)18(26)19(13)27-14/h5-10H,1-4H3. The Bertz CT molecular complexity index is 1100. The summed E-state index contributed by atoms with van der Waals surface area (Å²) in [6.45, 7) is 7.82. The molecule has 0 spiro atoms. The SMILES string of the molecule is CC1(C)OB(c2ccc(-c3ccc4c(F)c(F)c(F)c(F)c4n3)cc2)OC1(C)C. The lowest BCUT2D eigenvalue weighted by Gasteiger charge is -2.32. The number of aromatic nitrogens is 1. The topological polar surface area (TPSA) is 31.4 Å². The van der Waals surface area contributed by atoms with E-state index in [9.17, 15) is 17.6 Å². The van der Waals surface area contributed by atoms with E-state index in [1.54, 1.807) is 24.3 Å². The average Bonchev–Trinajstić information content (AvgIpc) is 2.91. The minimum Gasteiger partial charge on any atom is -0.399 e. The molecule has 29 heavy (non-hydrogen) atoms. The Morgan fingerprint density at radius 1 is 0.724 bits per heavy atom. The molecule has 1 aliphatic rings. The van der Waals surface area contributed by atoms with E-state index in [1.165, 1.54) is 12.1 Å².